The summed E-state index contributed by atoms with van der Waals surface area (Å²) < 4.78 is 19.6. The van der Waals surface area contributed by atoms with Gasteiger partial charge in [0, 0.05) is 11.1 Å². The van der Waals surface area contributed by atoms with Crippen LogP contribution in [0.2, 0.25) is 0 Å². The predicted molar refractivity (Wildman–Crippen MR) is 98.6 cm³/mol. The topological polar surface area (TPSA) is 105 Å². The Kier molecular flexibility index (Phi) is 9.15. The molecule has 0 aromatic heterocycles. The van der Waals surface area contributed by atoms with Gasteiger partial charge in [-0.25, -0.2) is 19.2 Å². The van der Waals surface area contributed by atoms with Gasteiger partial charge in [-0.15, -0.1) is 0 Å². The van der Waals surface area contributed by atoms with Crippen molar-refractivity contribution in [2.75, 3.05) is 26.4 Å². The molecule has 8 heteroatoms. The minimum absolute atomic E-state index is 0.00217. The van der Waals surface area contributed by atoms with Crippen molar-refractivity contribution >= 4 is 23.9 Å². The van der Waals surface area contributed by atoms with Crippen LogP contribution < -0.4 is 0 Å². The molecule has 0 bridgehead atoms. The quantitative estimate of drug-likeness (QED) is 0.259. The zero-order chi connectivity index (χ0) is 21.1. The van der Waals surface area contributed by atoms with E-state index in [1.165, 1.54) is 26.0 Å². The summed E-state index contributed by atoms with van der Waals surface area (Å²) in [6.45, 7) is 9.21. The van der Waals surface area contributed by atoms with E-state index in [9.17, 15) is 19.2 Å². The Labute approximate surface area is 162 Å². The van der Waals surface area contributed by atoms with Crippen molar-refractivity contribution in [1.29, 1.82) is 0 Å². The van der Waals surface area contributed by atoms with Gasteiger partial charge < -0.3 is 18.9 Å². The molecule has 0 saturated carbocycles. The van der Waals surface area contributed by atoms with Crippen molar-refractivity contribution in [3.05, 3.63) is 59.7 Å². The number of carbonyl (C=O) groups excluding carboxylic acids is 4. The highest BCUT2D eigenvalue weighted by Crippen LogP contribution is 2.12. The van der Waals surface area contributed by atoms with E-state index in [2.05, 4.69) is 13.2 Å². The minimum atomic E-state index is -0.771. The fraction of sp³-hybridized carbons (Fsp3) is 0.300. The first-order chi connectivity index (χ1) is 13.2. The summed E-state index contributed by atoms with van der Waals surface area (Å²) in [5, 5.41) is 0. The normalized spacial score (nSPS) is 9.79. The SMILES string of the molecule is C=C(C)C(=O)OCCOC(=O)c1ccccc1C(=O)OCCOC(=O)C(=C)C. The molecule has 0 N–H and O–H groups in total. The molecule has 0 atom stereocenters. The van der Waals surface area contributed by atoms with Gasteiger partial charge in [-0.2, -0.15) is 0 Å². The van der Waals surface area contributed by atoms with Gasteiger partial charge in [0.05, 0.1) is 11.1 Å². The maximum Gasteiger partial charge on any atom is 0.339 e. The average Bonchev–Trinajstić information content (AvgIpc) is 2.67. The molecule has 0 aliphatic carbocycles. The highest BCUT2D eigenvalue weighted by molar-refractivity contribution is 6.03. The average molecular weight is 390 g/mol. The Bertz CT molecular complexity index is 713. The second-order valence-corrected chi connectivity index (χ2v) is 5.65. The van der Waals surface area contributed by atoms with Gasteiger partial charge in [0.2, 0.25) is 0 Å². The molecule has 0 aliphatic rings. The third kappa shape index (κ3) is 7.45. The number of esters is 4. The lowest BCUT2D eigenvalue weighted by Crippen LogP contribution is -2.18. The fourth-order valence-corrected chi connectivity index (χ4v) is 1.78. The molecule has 0 aliphatic heterocycles. The van der Waals surface area contributed by atoms with E-state index in [1.54, 1.807) is 12.1 Å². The highest BCUT2D eigenvalue weighted by Gasteiger charge is 2.19. The van der Waals surface area contributed by atoms with Gasteiger partial charge in [-0.3, -0.25) is 0 Å². The number of benzene rings is 1. The Morgan fingerprint density at radius 1 is 0.679 bits per heavy atom. The Morgan fingerprint density at radius 3 is 1.32 bits per heavy atom. The third-order valence-electron chi connectivity index (χ3n) is 3.16. The summed E-state index contributed by atoms with van der Waals surface area (Å²) >= 11 is 0. The molecule has 1 aromatic carbocycles. The lowest BCUT2D eigenvalue weighted by atomic mass is 10.1. The van der Waals surface area contributed by atoms with Gasteiger partial charge in [-0.1, -0.05) is 25.3 Å². The molecule has 1 aromatic rings. The first-order valence-electron chi connectivity index (χ1n) is 8.32. The van der Waals surface area contributed by atoms with Gasteiger partial charge >= 0.3 is 23.9 Å². The van der Waals surface area contributed by atoms with E-state index in [0.29, 0.717) is 0 Å². The molecule has 0 radical (unpaired) electrons. The molecule has 8 nitrogen and oxygen atoms in total. The summed E-state index contributed by atoms with van der Waals surface area (Å²) in [6, 6.07) is 5.92. The monoisotopic (exact) mass is 390 g/mol. The van der Waals surface area contributed by atoms with Crippen LogP contribution in [-0.2, 0) is 28.5 Å². The zero-order valence-electron chi connectivity index (χ0n) is 15.8. The van der Waals surface area contributed by atoms with Crippen LogP contribution >= 0.6 is 0 Å². The Morgan fingerprint density at radius 2 is 1.00 bits per heavy atom. The largest absolute Gasteiger partial charge is 0.459 e. The molecule has 0 spiro atoms. The van der Waals surface area contributed by atoms with Crippen molar-refractivity contribution in [1.82, 2.24) is 0 Å². The number of hydrogen-bond acceptors (Lipinski definition) is 8. The second kappa shape index (κ2) is 11.3. The number of rotatable bonds is 10. The van der Waals surface area contributed by atoms with Crippen LogP contribution in [0.15, 0.2) is 48.6 Å². The summed E-state index contributed by atoms with van der Waals surface area (Å²) in [6.07, 6.45) is 0. The molecule has 0 saturated heterocycles. The van der Waals surface area contributed by atoms with Crippen molar-refractivity contribution in [3.63, 3.8) is 0 Å². The predicted octanol–water partition coefficient (Wildman–Crippen LogP) is 2.24. The van der Waals surface area contributed by atoms with E-state index in [4.69, 9.17) is 18.9 Å². The van der Waals surface area contributed by atoms with Gasteiger partial charge in [0.15, 0.2) is 0 Å². The molecule has 150 valence electrons. The van der Waals surface area contributed by atoms with Crippen molar-refractivity contribution in [2.24, 2.45) is 0 Å². The molecule has 0 amide bonds. The van der Waals surface area contributed by atoms with Gasteiger partial charge in [0.25, 0.3) is 0 Å². The van der Waals surface area contributed by atoms with Crippen molar-refractivity contribution in [3.8, 4) is 0 Å². The first-order valence-corrected chi connectivity index (χ1v) is 8.32. The lowest BCUT2D eigenvalue weighted by molar-refractivity contribution is -0.140. The first kappa shape index (κ1) is 22.6. The minimum Gasteiger partial charge on any atom is -0.459 e. The summed E-state index contributed by atoms with van der Waals surface area (Å²) in [5.74, 6) is -2.72. The maximum atomic E-state index is 12.2. The molecular formula is C20H22O8. The summed E-state index contributed by atoms with van der Waals surface area (Å²) in [5.41, 5.74) is 0.456. The van der Waals surface area contributed by atoms with Crippen LogP contribution in [0.3, 0.4) is 0 Å². The molecule has 0 unspecified atom stereocenters. The maximum absolute atomic E-state index is 12.2. The van der Waals surface area contributed by atoms with E-state index in [1.807, 2.05) is 0 Å². The van der Waals surface area contributed by atoms with Crippen molar-refractivity contribution < 1.29 is 38.1 Å². The third-order valence-corrected chi connectivity index (χ3v) is 3.16. The second-order valence-electron chi connectivity index (χ2n) is 5.65. The number of ether oxygens (including phenoxy) is 4. The van der Waals surface area contributed by atoms with Crippen LogP contribution in [0.4, 0.5) is 0 Å². The van der Waals surface area contributed by atoms with Gasteiger partial charge in [0.1, 0.15) is 26.4 Å². The summed E-state index contributed by atoms with van der Waals surface area (Å²) in [4.78, 5) is 46.8. The van der Waals surface area contributed by atoms with Crippen LogP contribution in [-0.4, -0.2) is 50.3 Å². The molecule has 0 heterocycles. The van der Waals surface area contributed by atoms with Crippen LogP contribution in [0, 0.1) is 0 Å². The standard InChI is InChI=1S/C20H22O8/c1-13(2)17(21)25-9-11-27-19(23)15-7-5-6-8-16(15)20(24)28-12-10-26-18(22)14(3)4/h5-8H,1,3,9-12H2,2,4H3. The summed E-state index contributed by atoms with van der Waals surface area (Å²) in [7, 11) is 0. The fourth-order valence-electron chi connectivity index (χ4n) is 1.78. The highest BCUT2D eigenvalue weighted by atomic mass is 16.6. The molecule has 0 fully saturated rings. The molecule has 1 rings (SSSR count). The van der Waals surface area contributed by atoms with Crippen LogP contribution in [0.1, 0.15) is 34.6 Å². The number of carbonyl (C=O) groups is 4. The Hall–Kier alpha value is -3.42. The smallest absolute Gasteiger partial charge is 0.339 e. The lowest BCUT2D eigenvalue weighted by Gasteiger charge is -2.10. The molecular weight excluding hydrogens is 368 g/mol. The Balaban J connectivity index is 2.56. The van der Waals surface area contributed by atoms with E-state index in [-0.39, 0.29) is 48.7 Å². The zero-order valence-corrected chi connectivity index (χ0v) is 15.8. The van der Waals surface area contributed by atoms with Crippen LogP contribution in [0.25, 0.3) is 0 Å². The van der Waals surface area contributed by atoms with Crippen molar-refractivity contribution in [2.45, 2.75) is 13.8 Å². The van der Waals surface area contributed by atoms with Crippen LogP contribution in [0.5, 0.6) is 0 Å². The van der Waals surface area contributed by atoms with E-state index in [0.717, 1.165) is 0 Å². The van der Waals surface area contributed by atoms with E-state index >= 15 is 0 Å². The number of hydrogen-bond donors (Lipinski definition) is 0. The molecule has 28 heavy (non-hydrogen) atoms. The van der Waals surface area contributed by atoms with E-state index < -0.39 is 23.9 Å². The van der Waals surface area contributed by atoms with Gasteiger partial charge in [-0.05, 0) is 26.0 Å².